The third-order valence-corrected chi connectivity index (χ3v) is 3.20. The van der Waals surface area contributed by atoms with E-state index >= 15 is 0 Å². The third-order valence-electron chi connectivity index (χ3n) is 1.57. The fourth-order valence-corrected chi connectivity index (χ4v) is 2.58. The van der Waals surface area contributed by atoms with E-state index in [1.165, 1.54) is 11.8 Å². The molecule has 0 spiro atoms. The summed E-state index contributed by atoms with van der Waals surface area (Å²) in [5.41, 5.74) is 0.403. The fraction of sp³-hybridized carbons (Fsp3) is 0.364. The molecule has 0 unspecified atom stereocenters. The van der Waals surface area contributed by atoms with Crippen molar-refractivity contribution in [2.75, 3.05) is 0 Å². The van der Waals surface area contributed by atoms with E-state index < -0.39 is 0 Å². The minimum absolute atomic E-state index is 0.0851. The maximum Gasteiger partial charge on any atom is 0.222 e. The molecule has 4 heteroatoms. The van der Waals surface area contributed by atoms with Crippen LogP contribution >= 0.6 is 35.0 Å². The van der Waals surface area contributed by atoms with Crippen molar-refractivity contribution in [3.05, 3.63) is 33.8 Å². The van der Waals surface area contributed by atoms with Crippen LogP contribution in [0.5, 0.6) is 0 Å². The predicted molar refractivity (Wildman–Crippen MR) is 68.1 cm³/mol. The van der Waals surface area contributed by atoms with Crippen LogP contribution in [0.1, 0.15) is 31.1 Å². The van der Waals surface area contributed by atoms with Crippen LogP contribution in [0.2, 0.25) is 10.0 Å². The lowest BCUT2D eigenvalue weighted by molar-refractivity contribution is 0.108. The van der Waals surface area contributed by atoms with E-state index in [1.807, 2.05) is 20.8 Å². The monoisotopic (exact) mass is 262 g/mol. The normalized spacial score (nSPS) is 11.5. The molecule has 1 aromatic rings. The van der Waals surface area contributed by atoms with Crippen LogP contribution in [-0.2, 0) is 0 Å². The first-order chi connectivity index (χ1) is 6.81. The number of hydrogen-bond acceptors (Lipinski definition) is 2. The number of rotatable bonds is 1. The number of thioether (sulfide) groups is 1. The van der Waals surface area contributed by atoms with Gasteiger partial charge in [0, 0.05) is 4.75 Å². The third kappa shape index (κ3) is 3.71. The molecule has 0 saturated heterocycles. The van der Waals surface area contributed by atoms with E-state index in [0.717, 1.165) is 0 Å². The van der Waals surface area contributed by atoms with E-state index in [4.69, 9.17) is 23.2 Å². The van der Waals surface area contributed by atoms with Crippen LogP contribution in [-0.4, -0.2) is 9.86 Å². The molecule has 15 heavy (non-hydrogen) atoms. The van der Waals surface area contributed by atoms with Gasteiger partial charge in [-0.1, -0.05) is 61.8 Å². The summed E-state index contributed by atoms with van der Waals surface area (Å²) in [6.07, 6.45) is 0. The summed E-state index contributed by atoms with van der Waals surface area (Å²) < 4.78 is -0.139. The van der Waals surface area contributed by atoms with Crippen molar-refractivity contribution in [1.82, 2.24) is 0 Å². The Labute approximate surface area is 104 Å². The Bertz CT molecular complexity index is 362. The number of carbonyl (C=O) groups excluding carboxylic acids is 1. The zero-order valence-corrected chi connectivity index (χ0v) is 11.1. The maximum atomic E-state index is 11.9. The summed E-state index contributed by atoms with van der Waals surface area (Å²) in [5, 5.41) is 0.728. The summed E-state index contributed by atoms with van der Waals surface area (Å²) in [6, 6.07) is 5.07. The van der Waals surface area contributed by atoms with E-state index in [9.17, 15) is 4.79 Å². The molecule has 1 nitrogen and oxygen atoms in total. The number of carbonyl (C=O) groups is 1. The van der Waals surface area contributed by atoms with Gasteiger partial charge in [-0.2, -0.15) is 0 Å². The molecule has 0 bridgehead atoms. The van der Waals surface area contributed by atoms with Crippen molar-refractivity contribution < 1.29 is 4.79 Å². The lowest BCUT2D eigenvalue weighted by Gasteiger charge is -2.16. The van der Waals surface area contributed by atoms with E-state index in [1.54, 1.807) is 18.2 Å². The van der Waals surface area contributed by atoms with Crippen molar-refractivity contribution in [3.63, 3.8) is 0 Å². The molecule has 0 heterocycles. The molecule has 0 N–H and O–H groups in total. The smallest absolute Gasteiger partial charge is 0.222 e. The molecule has 0 radical (unpaired) electrons. The predicted octanol–water partition coefficient (Wildman–Crippen LogP) is 4.67. The molecule has 0 fully saturated rings. The Morgan fingerprint density at radius 3 is 2.07 bits per heavy atom. The van der Waals surface area contributed by atoms with Gasteiger partial charge >= 0.3 is 0 Å². The lowest BCUT2D eigenvalue weighted by Crippen LogP contribution is -2.12. The molecule has 1 aromatic carbocycles. The average Bonchev–Trinajstić information content (AvgIpc) is 1.99. The molecule has 0 aliphatic carbocycles. The van der Waals surface area contributed by atoms with E-state index in [2.05, 4.69) is 0 Å². The number of hydrogen-bond donors (Lipinski definition) is 0. The second-order valence-corrected chi connectivity index (χ2v) is 6.71. The lowest BCUT2D eigenvalue weighted by atomic mass is 10.2. The Morgan fingerprint density at radius 1 is 1.20 bits per heavy atom. The van der Waals surface area contributed by atoms with E-state index in [-0.39, 0.29) is 9.86 Å². The summed E-state index contributed by atoms with van der Waals surface area (Å²) in [7, 11) is 0. The van der Waals surface area contributed by atoms with Gasteiger partial charge in [-0.3, -0.25) is 4.79 Å². The van der Waals surface area contributed by atoms with Crippen LogP contribution in [0.3, 0.4) is 0 Å². The largest absolute Gasteiger partial charge is 0.281 e. The summed E-state index contributed by atoms with van der Waals surface area (Å²) in [4.78, 5) is 11.9. The Morgan fingerprint density at radius 2 is 1.67 bits per heavy atom. The van der Waals surface area contributed by atoms with Gasteiger partial charge in [0.2, 0.25) is 5.12 Å². The highest BCUT2D eigenvalue weighted by molar-refractivity contribution is 8.15. The first-order valence-corrected chi connectivity index (χ1v) is 6.06. The van der Waals surface area contributed by atoms with Crippen molar-refractivity contribution in [2.45, 2.75) is 25.5 Å². The first kappa shape index (κ1) is 12.9. The zero-order valence-electron chi connectivity index (χ0n) is 8.80. The van der Waals surface area contributed by atoms with Gasteiger partial charge in [0.15, 0.2) is 0 Å². The zero-order chi connectivity index (χ0) is 11.6. The topological polar surface area (TPSA) is 17.1 Å². The van der Waals surface area contributed by atoms with Gasteiger partial charge < -0.3 is 0 Å². The summed E-state index contributed by atoms with van der Waals surface area (Å²) >= 11 is 13.1. The minimum atomic E-state index is -0.139. The molecule has 1 rings (SSSR count). The Balaban J connectivity index is 3.02. The highest BCUT2D eigenvalue weighted by Crippen LogP contribution is 2.33. The molecule has 0 aliphatic rings. The van der Waals surface area contributed by atoms with Crippen LogP contribution in [0.4, 0.5) is 0 Å². The van der Waals surface area contributed by atoms with Crippen molar-refractivity contribution in [3.8, 4) is 0 Å². The Hall–Kier alpha value is -0.180. The highest BCUT2D eigenvalue weighted by atomic mass is 35.5. The first-order valence-electron chi connectivity index (χ1n) is 4.48. The molecular formula is C11H12Cl2OS. The second-order valence-electron chi connectivity index (χ2n) is 4.10. The molecule has 82 valence electrons. The maximum absolute atomic E-state index is 11.9. The number of halogens is 2. The van der Waals surface area contributed by atoms with Gasteiger partial charge in [0.1, 0.15) is 0 Å². The standard InChI is InChI=1S/C11H12Cl2OS/c1-11(2,3)15-10(14)9-7(12)5-4-6-8(9)13/h4-6H,1-3H3. The van der Waals surface area contributed by atoms with Crippen LogP contribution in [0, 0.1) is 0 Å². The highest BCUT2D eigenvalue weighted by Gasteiger charge is 2.21. The van der Waals surface area contributed by atoms with Crippen LogP contribution in [0.15, 0.2) is 18.2 Å². The molecular weight excluding hydrogens is 251 g/mol. The SMILES string of the molecule is CC(C)(C)SC(=O)c1c(Cl)cccc1Cl. The van der Waals surface area contributed by atoms with Crippen molar-refractivity contribution >= 4 is 40.1 Å². The minimum Gasteiger partial charge on any atom is -0.281 e. The Kier molecular flexibility index (Phi) is 4.10. The van der Waals surface area contributed by atoms with Gasteiger partial charge in [-0.15, -0.1) is 0 Å². The van der Waals surface area contributed by atoms with Gasteiger partial charge in [-0.25, -0.2) is 0 Å². The average molecular weight is 263 g/mol. The van der Waals surface area contributed by atoms with Crippen LogP contribution in [0.25, 0.3) is 0 Å². The molecule has 0 aromatic heterocycles. The molecule has 0 aliphatic heterocycles. The van der Waals surface area contributed by atoms with Crippen molar-refractivity contribution in [2.24, 2.45) is 0 Å². The quantitative estimate of drug-likeness (QED) is 0.732. The fourth-order valence-electron chi connectivity index (χ4n) is 1.02. The summed E-state index contributed by atoms with van der Waals surface area (Å²) in [5.74, 6) is 0. The number of benzene rings is 1. The van der Waals surface area contributed by atoms with Gasteiger partial charge in [0.05, 0.1) is 15.6 Å². The molecule has 0 atom stereocenters. The van der Waals surface area contributed by atoms with Gasteiger partial charge in [-0.05, 0) is 12.1 Å². The molecule has 0 saturated carbocycles. The summed E-state index contributed by atoms with van der Waals surface area (Å²) in [6.45, 7) is 5.92. The van der Waals surface area contributed by atoms with E-state index in [0.29, 0.717) is 15.6 Å². The van der Waals surface area contributed by atoms with Gasteiger partial charge in [0.25, 0.3) is 0 Å². The van der Waals surface area contributed by atoms with Crippen molar-refractivity contribution in [1.29, 1.82) is 0 Å². The molecule has 0 amide bonds. The second kappa shape index (κ2) is 4.77. The van der Waals surface area contributed by atoms with Crippen LogP contribution < -0.4 is 0 Å².